The molecule has 0 atom stereocenters. The van der Waals surface area contributed by atoms with Gasteiger partial charge in [0.05, 0.1) is 7.11 Å². The van der Waals surface area contributed by atoms with E-state index in [1.165, 1.54) is 30.3 Å². The van der Waals surface area contributed by atoms with Crippen molar-refractivity contribution in [2.45, 2.75) is 25.7 Å². The molecule has 1 spiro atoms. The van der Waals surface area contributed by atoms with Gasteiger partial charge in [-0.2, -0.15) is 4.68 Å². The summed E-state index contributed by atoms with van der Waals surface area (Å²) in [6.45, 7) is 1.74. The van der Waals surface area contributed by atoms with Gasteiger partial charge in [-0.1, -0.05) is 6.42 Å². The lowest BCUT2D eigenvalue weighted by Crippen LogP contribution is -2.35. The van der Waals surface area contributed by atoms with E-state index in [2.05, 4.69) is 15.5 Å². The molecule has 1 aliphatic carbocycles. The van der Waals surface area contributed by atoms with E-state index in [1.807, 2.05) is 4.90 Å². The normalized spacial score (nSPS) is 18.9. The lowest BCUT2D eigenvalue weighted by Gasteiger charge is -2.37. The highest BCUT2D eigenvalue weighted by atomic mass is 16.5. The van der Waals surface area contributed by atoms with Crippen LogP contribution in [-0.2, 0) is 0 Å². The fourth-order valence-electron chi connectivity index (χ4n) is 3.65. The first-order valence-corrected chi connectivity index (χ1v) is 7.91. The van der Waals surface area contributed by atoms with Crippen molar-refractivity contribution in [2.75, 3.05) is 20.2 Å². The van der Waals surface area contributed by atoms with Crippen molar-refractivity contribution in [2.24, 2.45) is 5.41 Å². The lowest BCUT2D eigenvalue weighted by atomic mass is 9.68. The monoisotopic (exact) mass is 313 g/mol. The van der Waals surface area contributed by atoms with Crippen LogP contribution >= 0.6 is 0 Å². The molecule has 1 amide bonds. The van der Waals surface area contributed by atoms with Crippen LogP contribution in [0.25, 0.3) is 5.69 Å². The summed E-state index contributed by atoms with van der Waals surface area (Å²) in [6, 6.07) is 5.39. The highest BCUT2D eigenvalue weighted by Gasteiger charge is 2.44. The molecule has 1 saturated carbocycles. The topological polar surface area (TPSA) is 73.1 Å². The molecule has 23 heavy (non-hydrogen) atoms. The molecule has 7 heteroatoms. The summed E-state index contributed by atoms with van der Waals surface area (Å²) in [5.41, 5.74) is 1.72. The zero-order chi connectivity index (χ0) is 15.9. The van der Waals surface area contributed by atoms with E-state index in [4.69, 9.17) is 4.74 Å². The number of carbonyl (C=O) groups excluding carboxylic acids is 1. The van der Waals surface area contributed by atoms with Gasteiger partial charge in [0.1, 0.15) is 17.8 Å². The molecule has 7 nitrogen and oxygen atoms in total. The van der Waals surface area contributed by atoms with Crippen molar-refractivity contribution in [1.29, 1.82) is 0 Å². The van der Waals surface area contributed by atoms with Gasteiger partial charge in [-0.25, -0.2) is 0 Å². The zero-order valence-corrected chi connectivity index (χ0v) is 13.1. The Hall–Kier alpha value is -2.44. The Morgan fingerprint density at radius 2 is 2.17 bits per heavy atom. The van der Waals surface area contributed by atoms with Crippen LogP contribution in [-0.4, -0.2) is 51.2 Å². The Bertz CT molecular complexity index is 724. The number of rotatable bonds is 3. The first-order valence-electron chi connectivity index (χ1n) is 7.91. The number of benzene rings is 1. The smallest absolute Gasteiger partial charge is 0.253 e. The maximum Gasteiger partial charge on any atom is 0.253 e. The summed E-state index contributed by atoms with van der Waals surface area (Å²) in [6.07, 6.45) is 6.44. The number of hydrogen-bond acceptors (Lipinski definition) is 5. The molecular formula is C16H19N5O2. The van der Waals surface area contributed by atoms with Gasteiger partial charge < -0.3 is 9.64 Å². The highest BCUT2D eigenvalue weighted by molar-refractivity contribution is 5.95. The minimum Gasteiger partial charge on any atom is -0.494 e. The summed E-state index contributed by atoms with van der Waals surface area (Å²) in [7, 11) is 1.59. The molecule has 120 valence electrons. The summed E-state index contributed by atoms with van der Waals surface area (Å²) in [5.74, 6) is 0.705. The van der Waals surface area contributed by atoms with Crippen molar-refractivity contribution in [3.8, 4) is 11.4 Å². The maximum absolute atomic E-state index is 12.8. The number of carbonyl (C=O) groups is 1. The quantitative estimate of drug-likeness (QED) is 0.862. The molecule has 2 heterocycles. The van der Waals surface area contributed by atoms with E-state index in [0.717, 1.165) is 19.5 Å². The number of likely N-dealkylation sites (tertiary alicyclic amines) is 1. The van der Waals surface area contributed by atoms with Gasteiger partial charge in [-0.05, 0) is 53.3 Å². The van der Waals surface area contributed by atoms with Crippen LogP contribution in [0, 0.1) is 5.41 Å². The molecule has 1 aliphatic heterocycles. The summed E-state index contributed by atoms with van der Waals surface area (Å²) in [5, 5.41) is 11.2. The number of tetrazole rings is 1. The molecule has 2 aliphatic rings. The van der Waals surface area contributed by atoms with Crippen LogP contribution in [0.4, 0.5) is 0 Å². The number of hydrogen-bond donors (Lipinski definition) is 0. The zero-order valence-electron chi connectivity index (χ0n) is 13.1. The average Bonchev–Trinajstić information content (AvgIpc) is 3.22. The van der Waals surface area contributed by atoms with Gasteiger partial charge in [0, 0.05) is 18.7 Å². The van der Waals surface area contributed by atoms with Crippen LogP contribution in [0.15, 0.2) is 24.5 Å². The standard InChI is InChI=1S/C16H19N5O2/c1-23-14-4-3-12(9-13(14)21-11-17-18-19-21)15(22)20-8-7-16(10-20)5-2-6-16/h3-4,9,11H,2,5-8,10H2,1H3. The second kappa shape index (κ2) is 5.33. The van der Waals surface area contributed by atoms with Crippen LogP contribution in [0.1, 0.15) is 36.0 Å². The van der Waals surface area contributed by atoms with Crippen molar-refractivity contribution in [1.82, 2.24) is 25.1 Å². The Kier molecular flexibility index (Phi) is 3.28. The van der Waals surface area contributed by atoms with E-state index in [0.29, 0.717) is 22.4 Å². The van der Waals surface area contributed by atoms with Gasteiger partial charge in [-0.3, -0.25) is 4.79 Å². The molecule has 2 fully saturated rings. The summed E-state index contributed by atoms with van der Waals surface area (Å²) in [4.78, 5) is 14.8. The van der Waals surface area contributed by atoms with Crippen LogP contribution in [0.2, 0.25) is 0 Å². The third-order valence-corrected chi connectivity index (χ3v) is 5.16. The minimum absolute atomic E-state index is 0.0748. The second-order valence-electron chi connectivity index (χ2n) is 6.47. The average molecular weight is 313 g/mol. The molecule has 0 N–H and O–H groups in total. The van der Waals surface area contributed by atoms with Crippen molar-refractivity contribution < 1.29 is 9.53 Å². The van der Waals surface area contributed by atoms with Gasteiger partial charge in [0.25, 0.3) is 5.91 Å². The number of methoxy groups -OCH3 is 1. The fourth-order valence-corrected chi connectivity index (χ4v) is 3.65. The first-order chi connectivity index (χ1) is 11.2. The van der Waals surface area contributed by atoms with Gasteiger partial charge in [0.15, 0.2) is 0 Å². The first kappa shape index (κ1) is 14.2. The third-order valence-electron chi connectivity index (χ3n) is 5.16. The Balaban J connectivity index is 1.61. The Morgan fingerprint density at radius 1 is 1.30 bits per heavy atom. The summed E-state index contributed by atoms with van der Waals surface area (Å²) < 4.78 is 6.85. The minimum atomic E-state index is 0.0748. The van der Waals surface area contributed by atoms with E-state index in [1.54, 1.807) is 25.3 Å². The second-order valence-corrected chi connectivity index (χ2v) is 6.47. The molecule has 0 unspecified atom stereocenters. The number of aromatic nitrogens is 4. The predicted octanol–water partition coefficient (Wildman–Crippen LogP) is 1.69. The molecule has 0 radical (unpaired) electrons. The van der Waals surface area contributed by atoms with E-state index >= 15 is 0 Å². The molecule has 1 saturated heterocycles. The van der Waals surface area contributed by atoms with Crippen LogP contribution in [0.3, 0.4) is 0 Å². The van der Waals surface area contributed by atoms with Crippen LogP contribution < -0.4 is 4.74 Å². The SMILES string of the molecule is COc1ccc(C(=O)N2CCC3(CCC3)C2)cc1-n1cnnn1. The molecule has 1 aromatic carbocycles. The van der Waals surface area contributed by atoms with Crippen molar-refractivity contribution >= 4 is 5.91 Å². The van der Waals surface area contributed by atoms with Crippen molar-refractivity contribution in [3.63, 3.8) is 0 Å². The fraction of sp³-hybridized carbons (Fsp3) is 0.500. The van der Waals surface area contributed by atoms with E-state index in [9.17, 15) is 4.79 Å². The van der Waals surface area contributed by atoms with E-state index < -0.39 is 0 Å². The van der Waals surface area contributed by atoms with Gasteiger partial charge in [0.2, 0.25) is 0 Å². The predicted molar refractivity (Wildman–Crippen MR) is 82.5 cm³/mol. The maximum atomic E-state index is 12.8. The molecular weight excluding hydrogens is 294 g/mol. The van der Waals surface area contributed by atoms with Gasteiger partial charge in [-0.15, -0.1) is 5.10 Å². The number of nitrogens with zero attached hydrogens (tertiary/aromatic N) is 5. The molecule has 0 bridgehead atoms. The lowest BCUT2D eigenvalue weighted by molar-refractivity contribution is 0.0732. The summed E-state index contributed by atoms with van der Waals surface area (Å²) >= 11 is 0. The highest BCUT2D eigenvalue weighted by Crippen LogP contribution is 2.48. The third kappa shape index (κ3) is 2.36. The van der Waals surface area contributed by atoms with Crippen molar-refractivity contribution in [3.05, 3.63) is 30.1 Å². The van der Waals surface area contributed by atoms with Crippen LogP contribution in [0.5, 0.6) is 5.75 Å². The van der Waals surface area contributed by atoms with Gasteiger partial charge >= 0.3 is 0 Å². The largest absolute Gasteiger partial charge is 0.494 e. The molecule has 4 rings (SSSR count). The Labute approximate surface area is 134 Å². The number of amides is 1. The number of ether oxygens (including phenoxy) is 1. The Morgan fingerprint density at radius 3 is 2.78 bits per heavy atom. The molecule has 1 aromatic heterocycles. The molecule has 2 aromatic rings. The van der Waals surface area contributed by atoms with E-state index in [-0.39, 0.29) is 5.91 Å².